The second-order valence-electron chi connectivity index (χ2n) is 3.86. The summed E-state index contributed by atoms with van der Waals surface area (Å²) < 4.78 is 0. The van der Waals surface area contributed by atoms with Crippen LogP contribution in [0.25, 0.3) is 0 Å². The molecule has 2 bridgehead atoms. The van der Waals surface area contributed by atoms with E-state index in [0.29, 0.717) is 11.8 Å². The third-order valence-electron chi connectivity index (χ3n) is 2.66. The van der Waals surface area contributed by atoms with Gasteiger partial charge in [-0.15, -0.1) is 0 Å². The van der Waals surface area contributed by atoms with Gasteiger partial charge < -0.3 is 5.32 Å². The Bertz CT molecular complexity index is 178. The van der Waals surface area contributed by atoms with E-state index in [1.165, 1.54) is 12.8 Å². The number of nitrogens with one attached hydrogen (secondary N) is 1. The Morgan fingerprint density at radius 1 is 1.70 bits per heavy atom. The molecule has 2 atom stereocenters. The molecule has 1 N–H and O–H groups in total. The normalized spacial score (nSPS) is 46.1. The third-order valence-corrected chi connectivity index (χ3v) is 2.66. The van der Waals surface area contributed by atoms with Gasteiger partial charge in [0.2, 0.25) is 0 Å². The quantitative estimate of drug-likeness (QED) is 0.539. The zero-order chi connectivity index (χ0) is 7.19. The van der Waals surface area contributed by atoms with Crippen molar-refractivity contribution in [3.8, 4) is 0 Å². The van der Waals surface area contributed by atoms with E-state index in [2.05, 4.69) is 12.2 Å². The van der Waals surface area contributed by atoms with Crippen LogP contribution in [-0.2, 0) is 4.79 Å². The largest absolute Gasteiger partial charge is 0.308 e. The summed E-state index contributed by atoms with van der Waals surface area (Å²) in [6.07, 6.45) is 3.91. The molecular formula is C8H13NO. The monoisotopic (exact) mass is 139 g/mol. The minimum Gasteiger partial charge on any atom is -0.308 e. The lowest BCUT2D eigenvalue weighted by molar-refractivity contribution is -0.121. The first-order valence-corrected chi connectivity index (χ1v) is 3.97. The molecule has 0 aromatic carbocycles. The van der Waals surface area contributed by atoms with Gasteiger partial charge in [-0.2, -0.15) is 0 Å². The predicted octanol–water partition coefficient (Wildman–Crippen LogP) is 0.860. The second-order valence-corrected chi connectivity index (χ2v) is 3.86. The number of rotatable bonds is 0. The Balaban J connectivity index is 2.20. The fraction of sp³-hybridized carbons (Fsp3) is 0.875. The van der Waals surface area contributed by atoms with Crippen LogP contribution in [0.1, 0.15) is 32.6 Å². The zero-order valence-electron chi connectivity index (χ0n) is 6.31. The van der Waals surface area contributed by atoms with Crippen molar-refractivity contribution in [2.24, 2.45) is 0 Å². The average Bonchev–Trinajstić information content (AvgIpc) is 2.06. The van der Waals surface area contributed by atoms with Crippen molar-refractivity contribution in [2.75, 3.05) is 0 Å². The maximum atomic E-state index is 11.1. The molecule has 2 heteroatoms. The highest BCUT2D eigenvalue weighted by Gasteiger charge is 2.40. The smallest absolute Gasteiger partial charge is 0.136 e. The molecule has 56 valence electrons. The van der Waals surface area contributed by atoms with Crippen LogP contribution in [0.3, 0.4) is 0 Å². The molecule has 10 heavy (non-hydrogen) atoms. The van der Waals surface area contributed by atoms with Crippen molar-refractivity contribution in [1.82, 2.24) is 5.32 Å². The van der Waals surface area contributed by atoms with Crippen LogP contribution in [0.15, 0.2) is 0 Å². The highest BCUT2D eigenvalue weighted by Crippen LogP contribution is 2.32. The summed E-state index contributed by atoms with van der Waals surface area (Å²) in [7, 11) is 0. The summed E-state index contributed by atoms with van der Waals surface area (Å²) in [5.74, 6) is 0.448. The van der Waals surface area contributed by atoms with Crippen LogP contribution in [0, 0.1) is 0 Å². The minimum atomic E-state index is 0.167. The Kier molecular flexibility index (Phi) is 1.15. The number of fused-ring (bicyclic) bond motifs is 2. The van der Waals surface area contributed by atoms with Crippen molar-refractivity contribution in [3.05, 3.63) is 0 Å². The van der Waals surface area contributed by atoms with E-state index in [1.54, 1.807) is 0 Å². The van der Waals surface area contributed by atoms with Gasteiger partial charge in [0, 0.05) is 24.4 Å². The molecular weight excluding hydrogens is 126 g/mol. The van der Waals surface area contributed by atoms with Gasteiger partial charge in [0.05, 0.1) is 0 Å². The molecule has 2 fully saturated rings. The molecule has 0 spiro atoms. The molecule has 2 saturated heterocycles. The van der Waals surface area contributed by atoms with Crippen LogP contribution >= 0.6 is 0 Å². The lowest BCUT2D eigenvalue weighted by Crippen LogP contribution is -2.47. The summed E-state index contributed by atoms with van der Waals surface area (Å²) in [5.41, 5.74) is 0.167. The summed E-state index contributed by atoms with van der Waals surface area (Å²) in [4.78, 5) is 11.1. The van der Waals surface area contributed by atoms with E-state index >= 15 is 0 Å². The molecule has 2 nitrogen and oxygen atoms in total. The van der Waals surface area contributed by atoms with Gasteiger partial charge in [-0.3, -0.25) is 4.79 Å². The lowest BCUT2D eigenvalue weighted by atomic mass is 9.92. The molecule has 2 aliphatic heterocycles. The number of ketones is 1. The van der Waals surface area contributed by atoms with Crippen LogP contribution in [-0.4, -0.2) is 17.4 Å². The summed E-state index contributed by atoms with van der Waals surface area (Å²) in [6.45, 7) is 2.16. The number of hydrogen-bond acceptors (Lipinski definition) is 2. The summed E-state index contributed by atoms with van der Waals surface area (Å²) in [6, 6.07) is 0.506. The van der Waals surface area contributed by atoms with E-state index < -0.39 is 0 Å². The molecule has 0 amide bonds. The Hall–Kier alpha value is -0.370. The third kappa shape index (κ3) is 0.870. The summed E-state index contributed by atoms with van der Waals surface area (Å²) >= 11 is 0. The Labute approximate surface area is 61.0 Å². The van der Waals surface area contributed by atoms with Gasteiger partial charge in [-0.05, 0) is 19.8 Å². The predicted molar refractivity (Wildman–Crippen MR) is 38.8 cm³/mol. The van der Waals surface area contributed by atoms with E-state index in [-0.39, 0.29) is 5.54 Å². The fourth-order valence-corrected chi connectivity index (χ4v) is 2.20. The highest BCUT2D eigenvalue weighted by atomic mass is 16.1. The van der Waals surface area contributed by atoms with Gasteiger partial charge in [-0.25, -0.2) is 0 Å². The van der Waals surface area contributed by atoms with Gasteiger partial charge in [0.25, 0.3) is 0 Å². The van der Waals surface area contributed by atoms with E-state index in [9.17, 15) is 4.79 Å². The maximum Gasteiger partial charge on any atom is 0.136 e. The van der Waals surface area contributed by atoms with Crippen molar-refractivity contribution < 1.29 is 4.79 Å². The molecule has 0 aliphatic carbocycles. The van der Waals surface area contributed by atoms with Crippen molar-refractivity contribution in [2.45, 2.75) is 44.2 Å². The maximum absolute atomic E-state index is 11.1. The fourth-order valence-electron chi connectivity index (χ4n) is 2.20. The second kappa shape index (κ2) is 1.82. The first-order chi connectivity index (χ1) is 4.68. The number of Topliss-reactive ketones (excluding diaryl/α,β-unsaturated/α-hetero) is 1. The molecule has 1 unspecified atom stereocenters. The summed E-state index contributed by atoms with van der Waals surface area (Å²) in [5, 5.41) is 3.48. The standard InChI is InChI=1S/C8H13NO/c1-8-3-2-6(9-8)4-7(10)5-8/h6,9H,2-5H2,1H3/t6?,8-/m1/s1. The van der Waals surface area contributed by atoms with E-state index in [1.807, 2.05) is 0 Å². The number of hydrogen-bond donors (Lipinski definition) is 1. The SMILES string of the molecule is C[C@@]12CCC(CC(=O)C1)N2. The molecule has 0 aromatic rings. The van der Waals surface area contributed by atoms with Crippen LogP contribution in [0.2, 0.25) is 0 Å². The number of carbonyl (C=O) groups is 1. The average molecular weight is 139 g/mol. The molecule has 2 aliphatic rings. The van der Waals surface area contributed by atoms with E-state index in [0.717, 1.165) is 12.8 Å². The molecule has 0 saturated carbocycles. The first-order valence-electron chi connectivity index (χ1n) is 3.97. The van der Waals surface area contributed by atoms with Gasteiger partial charge in [0.1, 0.15) is 5.78 Å². The topological polar surface area (TPSA) is 29.1 Å². The van der Waals surface area contributed by atoms with Gasteiger partial charge in [-0.1, -0.05) is 0 Å². The first kappa shape index (κ1) is 6.35. The molecule has 0 aromatic heterocycles. The number of piperidine rings is 1. The molecule has 0 radical (unpaired) electrons. The Morgan fingerprint density at radius 3 is 3.20 bits per heavy atom. The van der Waals surface area contributed by atoms with Gasteiger partial charge >= 0.3 is 0 Å². The van der Waals surface area contributed by atoms with Crippen molar-refractivity contribution in [3.63, 3.8) is 0 Å². The van der Waals surface area contributed by atoms with Crippen molar-refractivity contribution in [1.29, 1.82) is 0 Å². The van der Waals surface area contributed by atoms with Crippen molar-refractivity contribution >= 4 is 5.78 Å². The minimum absolute atomic E-state index is 0.167. The Morgan fingerprint density at radius 2 is 2.50 bits per heavy atom. The highest BCUT2D eigenvalue weighted by molar-refractivity contribution is 5.81. The lowest BCUT2D eigenvalue weighted by Gasteiger charge is -2.29. The van der Waals surface area contributed by atoms with Crippen LogP contribution in [0.5, 0.6) is 0 Å². The molecule has 2 rings (SSSR count). The number of carbonyl (C=O) groups excluding carboxylic acids is 1. The zero-order valence-corrected chi connectivity index (χ0v) is 6.31. The molecule has 2 heterocycles. The van der Waals surface area contributed by atoms with Crippen LogP contribution in [0.4, 0.5) is 0 Å². The van der Waals surface area contributed by atoms with Gasteiger partial charge in [0.15, 0.2) is 0 Å². The van der Waals surface area contributed by atoms with Crippen LogP contribution < -0.4 is 5.32 Å². The van der Waals surface area contributed by atoms with E-state index in [4.69, 9.17) is 0 Å².